The minimum absolute atomic E-state index is 0.203. The molecule has 0 radical (unpaired) electrons. The lowest BCUT2D eigenvalue weighted by molar-refractivity contribution is 0.0692. The standard InChI is InChI=1S/C13H11BrN2O2S/c14-10-4-1-3-9(7-10)8-16-19-12-11(13(17)18)5-2-6-15-12/h1-7,16H,8H2,(H,17,18). The molecule has 0 saturated carbocycles. The van der Waals surface area contributed by atoms with E-state index in [9.17, 15) is 4.79 Å². The van der Waals surface area contributed by atoms with Gasteiger partial charge in [-0.15, -0.1) is 0 Å². The van der Waals surface area contributed by atoms with Gasteiger partial charge in [0.05, 0.1) is 5.56 Å². The lowest BCUT2D eigenvalue weighted by atomic mass is 10.2. The van der Waals surface area contributed by atoms with Gasteiger partial charge in [-0.25, -0.2) is 9.78 Å². The number of carboxylic acid groups (broad SMARTS) is 1. The first-order valence-corrected chi connectivity index (χ1v) is 7.10. The Bertz CT molecular complexity index is 592. The number of nitrogens with zero attached hydrogens (tertiary/aromatic N) is 1. The van der Waals surface area contributed by atoms with Gasteiger partial charge in [0.2, 0.25) is 0 Å². The van der Waals surface area contributed by atoms with E-state index in [-0.39, 0.29) is 5.56 Å². The van der Waals surface area contributed by atoms with Crippen molar-refractivity contribution in [3.05, 3.63) is 58.2 Å². The maximum atomic E-state index is 11.0. The Kier molecular flexibility index (Phi) is 4.95. The third-order valence-corrected chi connectivity index (χ3v) is 3.64. The van der Waals surface area contributed by atoms with E-state index in [0.717, 1.165) is 10.0 Å². The number of hydrogen-bond donors (Lipinski definition) is 2. The summed E-state index contributed by atoms with van der Waals surface area (Å²) in [5.74, 6) is -0.972. The van der Waals surface area contributed by atoms with Gasteiger partial charge >= 0.3 is 5.97 Å². The van der Waals surface area contributed by atoms with Gasteiger partial charge in [0.25, 0.3) is 0 Å². The number of pyridine rings is 1. The van der Waals surface area contributed by atoms with E-state index in [1.54, 1.807) is 18.3 Å². The highest BCUT2D eigenvalue weighted by atomic mass is 79.9. The summed E-state index contributed by atoms with van der Waals surface area (Å²) in [5, 5.41) is 9.49. The number of nitrogens with one attached hydrogen (secondary N) is 1. The van der Waals surface area contributed by atoms with Crippen molar-refractivity contribution in [3.63, 3.8) is 0 Å². The number of carbonyl (C=O) groups is 1. The van der Waals surface area contributed by atoms with Crippen molar-refractivity contribution in [3.8, 4) is 0 Å². The van der Waals surface area contributed by atoms with Crippen molar-refractivity contribution in [1.29, 1.82) is 0 Å². The third-order valence-electron chi connectivity index (χ3n) is 2.34. The van der Waals surface area contributed by atoms with Crippen LogP contribution in [0.15, 0.2) is 52.1 Å². The van der Waals surface area contributed by atoms with E-state index in [4.69, 9.17) is 5.11 Å². The summed E-state index contributed by atoms with van der Waals surface area (Å²) in [6.07, 6.45) is 1.58. The quantitative estimate of drug-likeness (QED) is 0.818. The average Bonchev–Trinajstić information content (AvgIpc) is 2.39. The van der Waals surface area contributed by atoms with E-state index in [1.807, 2.05) is 24.3 Å². The van der Waals surface area contributed by atoms with Crippen LogP contribution in [0.5, 0.6) is 0 Å². The predicted molar refractivity (Wildman–Crippen MR) is 78.0 cm³/mol. The zero-order valence-corrected chi connectivity index (χ0v) is 12.2. The molecule has 0 unspecified atom stereocenters. The Balaban J connectivity index is 1.98. The highest BCUT2D eigenvalue weighted by Gasteiger charge is 2.10. The zero-order chi connectivity index (χ0) is 13.7. The molecule has 2 rings (SSSR count). The highest BCUT2D eigenvalue weighted by molar-refractivity contribution is 9.10. The van der Waals surface area contributed by atoms with Crippen LogP contribution in [0.1, 0.15) is 15.9 Å². The van der Waals surface area contributed by atoms with E-state index in [1.165, 1.54) is 11.9 Å². The molecule has 19 heavy (non-hydrogen) atoms. The van der Waals surface area contributed by atoms with Crippen molar-refractivity contribution in [2.45, 2.75) is 11.6 Å². The SMILES string of the molecule is O=C(O)c1cccnc1SNCc1cccc(Br)c1. The average molecular weight is 339 g/mol. The molecule has 98 valence electrons. The Labute approximate surface area is 123 Å². The Morgan fingerprint density at radius 1 is 1.37 bits per heavy atom. The molecule has 0 aliphatic carbocycles. The van der Waals surface area contributed by atoms with Gasteiger partial charge in [-0.2, -0.15) is 0 Å². The van der Waals surface area contributed by atoms with Gasteiger partial charge < -0.3 is 5.11 Å². The van der Waals surface area contributed by atoms with Crippen LogP contribution in [-0.2, 0) is 6.54 Å². The smallest absolute Gasteiger partial charge is 0.338 e. The van der Waals surface area contributed by atoms with Gasteiger partial charge in [0.15, 0.2) is 0 Å². The molecular formula is C13H11BrN2O2S. The summed E-state index contributed by atoms with van der Waals surface area (Å²) in [6, 6.07) is 11.1. The second kappa shape index (κ2) is 6.70. The first-order chi connectivity index (χ1) is 9.16. The number of hydrogen-bond acceptors (Lipinski definition) is 4. The molecule has 0 saturated heterocycles. The number of aromatic nitrogens is 1. The van der Waals surface area contributed by atoms with Crippen molar-refractivity contribution in [2.24, 2.45) is 0 Å². The van der Waals surface area contributed by atoms with Gasteiger partial charge in [0, 0.05) is 17.2 Å². The molecule has 2 aromatic rings. The first-order valence-electron chi connectivity index (χ1n) is 5.49. The zero-order valence-electron chi connectivity index (χ0n) is 9.84. The Morgan fingerprint density at radius 2 is 2.21 bits per heavy atom. The van der Waals surface area contributed by atoms with Crippen molar-refractivity contribution in [2.75, 3.05) is 0 Å². The van der Waals surface area contributed by atoms with Gasteiger partial charge in [0.1, 0.15) is 5.03 Å². The fourth-order valence-corrected chi connectivity index (χ4v) is 2.67. The van der Waals surface area contributed by atoms with E-state index in [0.29, 0.717) is 11.6 Å². The maximum Gasteiger partial charge on any atom is 0.338 e. The molecule has 6 heteroatoms. The van der Waals surface area contributed by atoms with Crippen LogP contribution >= 0.6 is 27.9 Å². The molecule has 1 aromatic heterocycles. The van der Waals surface area contributed by atoms with Crippen LogP contribution in [0.25, 0.3) is 0 Å². The predicted octanol–water partition coefficient (Wildman–Crippen LogP) is 3.34. The molecule has 0 bridgehead atoms. The second-order valence-corrected chi connectivity index (χ2v) is 5.51. The maximum absolute atomic E-state index is 11.0. The summed E-state index contributed by atoms with van der Waals surface area (Å²) in [6.45, 7) is 0.625. The number of benzene rings is 1. The van der Waals surface area contributed by atoms with Crippen molar-refractivity contribution in [1.82, 2.24) is 9.71 Å². The molecule has 0 fully saturated rings. The van der Waals surface area contributed by atoms with Crippen LogP contribution in [0, 0.1) is 0 Å². The van der Waals surface area contributed by atoms with Crippen molar-refractivity contribution >= 4 is 33.8 Å². The normalized spacial score (nSPS) is 10.4. The Hall–Kier alpha value is -1.37. The Morgan fingerprint density at radius 3 is 2.95 bits per heavy atom. The molecule has 1 aromatic carbocycles. The van der Waals surface area contributed by atoms with Crippen LogP contribution in [0.4, 0.5) is 0 Å². The van der Waals surface area contributed by atoms with Crippen LogP contribution in [-0.4, -0.2) is 16.1 Å². The van der Waals surface area contributed by atoms with E-state index >= 15 is 0 Å². The topological polar surface area (TPSA) is 62.2 Å². The van der Waals surface area contributed by atoms with E-state index < -0.39 is 5.97 Å². The summed E-state index contributed by atoms with van der Waals surface area (Å²) >= 11 is 4.62. The molecular weight excluding hydrogens is 328 g/mol. The number of aromatic carboxylic acids is 1. The van der Waals surface area contributed by atoms with Crippen LogP contribution in [0.3, 0.4) is 0 Å². The molecule has 1 heterocycles. The van der Waals surface area contributed by atoms with Gasteiger partial charge in [-0.3, -0.25) is 4.72 Å². The lowest BCUT2D eigenvalue weighted by Gasteiger charge is -2.06. The molecule has 0 aliphatic rings. The first kappa shape index (κ1) is 14.0. The number of carboxylic acids is 1. The molecule has 0 aliphatic heterocycles. The molecule has 2 N–H and O–H groups in total. The summed E-state index contributed by atoms with van der Waals surface area (Å²) in [4.78, 5) is 15.1. The molecule has 0 amide bonds. The monoisotopic (exact) mass is 338 g/mol. The largest absolute Gasteiger partial charge is 0.478 e. The second-order valence-electron chi connectivity index (χ2n) is 3.71. The highest BCUT2D eigenvalue weighted by Crippen LogP contribution is 2.18. The molecule has 4 nitrogen and oxygen atoms in total. The number of halogens is 1. The fraction of sp³-hybridized carbons (Fsp3) is 0.0769. The van der Waals surface area contributed by atoms with Crippen molar-refractivity contribution < 1.29 is 9.90 Å². The fourth-order valence-electron chi connectivity index (χ4n) is 1.47. The minimum Gasteiger partial charge on any atom is -0.478 e. The molecule has 0 atom stereocenters. The lowest BCUT2D eigenvalue weighted by Crippen LogP contribution is -2.07. The third kappa shape index (κ3) is 4.05. The summed E-state index contributed by atoms with van der Waals surface area (Å²) in [7, 11) is 0. The summed E-state index contributed by atoms with van der Waals surface area (Å²) in [5.41, 5.74) is 1.31. The van der Waals surface area contributed by atoms with Gasteiger partial charge in [-0.1, -0.05) is 28.1 Å². The molecule has 0 spiro atoms. The van der Waals surface area contributed by atoms with Gasteiger partial charge in [-0.05, 0) is 41.8 Å². The van der Waals surface area contributed by atoms with Crippen LogP contribution < -0.4 is 4.72 Å². The van der Waals surface area contributed by atoms with E-state index in [2.05, 4.69) is 25.6 Å². The van der Waals surface area contributed by atoms with Crippen LogP contribution in [0.2, 0.25) is 0 Å². The minimum atomic E-state index is -0.972. The number of rotatable bonds is 5. The summed E-state index contributed by atoms with van der Waals surface area (Å²) < 4.78 is 4.13.